The summed E-state index contributed by atoms with van der Waals surface area (Å²) in [5.74, 6) is 0. The van der Waals surface area contributed by atoms with E-state index in [0.717, 1.165) is 24.9 Å². The summed E-state index contributed by atoms with van der Waals surface area (Å²) in [5, 5.41) is 12.7. The lowest BCUT2D eigenvalue weighted by Gasteiger charge is -2.40. The normalized spacial score (nSPS) is 19.6. The van der Waals surface area contributed by atoms with Crippen LogP contribution in [-0.4, -0.2) is 64.9 Å². The lowest BCUT2D eigenvalue weighted by Crippen LogP contribution is -2.59. The van der Waals surface area contributed by atoms with Gasteiger partial charge in [0.2, 0.25) is 0 Å². The number of carbonyl (C=O) groups is 2. The molecule has 1 atom stereocenters. The van der Waals surface area contributed by atoms with Gasteiger partial charge in [0.05, 0.1) is 12.6 Å². The first kappa shape index (κ1) is 19.5. The minimum absolute atomic E-state index is 0.211. The molecule has 2 N–H and O–H groups in total. The van der Waals surface area contributed by atoms with Crippen LogP contribution in [0.4, 0.5) is 15.3 Å². The number of ether oxygens (including phenoxy) is 1. The van der Waals surface area contributed by atoms with Crippen molar-refractivity contribution in [2.45, 2.75) is 51.7 Å². The van der Waals surface area contributed by atoms with Gasteiger partial charge >= 0.3 is 12.1 Å². The van der Waals surface area contributed by atoms with E-state index in [9.17, 15) is 14.7 Å². The van der Waals surface area contributed by atoms with Crippen molar-refractivity contribution in [3.05, 3.63) is 29.3 Å². The molecule has 27 heavy (non-hydrogen) atoms. The summed E-state index contributed by atoms with van der Waals surface area (Å²) >= 11 is 0. The van der Waals surface area contributed by atoms with Crippen molar-refractivity contribution in [2.24, 2.45) is 0 Å². The van der Waals surface area contributed by atoms with Crippen LogP contribution >= 0.6 is 0 Å². The van der Waals surface area contributed by atoms with E-state index >= 15 is 0 Å². The molecule has 0 saturated carbocycles. The van der Waals surface area contributed by atoms with Gasteiger partial charge in [-0.25, -0.2) is 9.59 Å². The SMILES string of the molecule is CC(C)(C)OC(=O)N1CCN(C(=O)Nc2ccc3c(c2)CCC3)C(CO)C1. The fraction of sp³-hybridized carbons (Fsp3) is 0.600. The molecule has 0 radical (unpaired) electrons. The van der Waals surface area contributed by atoms with Gasteiger partial charge in [-0.1, -0.05) is 6.07 Å². The number of hydrogen-bond acceptors (Lipinski definition) is 4. The van der Waals surface area contributed by atoms with E-state index in [4.69, 9.17) is 4.74 Å². The average molecular weight is 375 g/mol. The van der Waals surface area contributed by atoms with Crippen LogP contribution in [0.25, 0.3) is 0 Å². The van der Waals surface area contributed by atoms with Crippen LogP contribution in [0.3, 0.4) is 0 Å². The van der Waals surface area contributed by atoms with Gasteiger partial charge in [-0.2, -0.15) is 0 Å². The Labute approximate surface area is 160 Å². The number of aliphatic hydroxyl groups is 1. The first-order chi connectivity index (χ1) is 12.8. The lowest BCUT2D eigenvalue weighted by atomic mass is 10.1. The number of hydrogen-bond donors (Lipinski definition) is 2. The number of nitrogens with one attached hydrogen (secondary N) is 1. The molecular formula is C20H29N3O4. The molecule has 1 aromatic carbocycles. The van der Waals surface area contributed by atoms with Gasteiger partial charge < -0.3 is 25.0 Å². The second-order valence-electron chi connectivity index (χ2n) is 8.22. The smallest absolute Gasteiger partial charge is 0.410 e. The number of fused-ring (bicyclic) bond motifs is 1. The number of anilines is 1. The average Bonchev–Trinajstić information content (AvgIpc) is 3.07. The lowest BCUT2D eigenvalue weighted by molar-refractivity contribution is 0.00416. The second-order valence-corrected chi connectivity index (χ2v) is 8.22. The molecule has 3 amide bonds. The summed E-state index contributed by atoms with van der Waals surface area (Å²) in [6.07, 6.45) is 2.89. The van der Waals surface area contributed by atoms with E-state index in [1.165, 1.54) is 11.1 Å². The number of nitrogens with zero attached hydrogens (tertiary/aromatic N) is 2. The number of aryl methyl sites for hydroxylation is 2. The Hall–Kier alpha value is -2.28. The molecule has 0 aromatic heterocycles. The first-order valence-corrected chi connectivity index (χ1v) is 9.55. The molecular weight excluding hydrogens is 346 g/mol. The third-order valence-electron chi connectivity index (χ3n) is 4.96. The van der Waals surface area contributed by atoms with Gasteiger partial charge in [0.15, 0.2) is 0 Å². The number of benzene rings is 1. The number of carbonyl (C=O) groups excluding carboxylic acids is 2. The van der Waals surface area contributed by atoms with Crippen molar-refractivity contribution in [1.82, 2.24) is 9.80 Å². The first-order valence-electron chi connectivity index (χ1n) is 9.55. The van der Waals surface area contributed by atoms with Gasteiger partial charge in [0, 0.05) is 25.3 Å². The summed E-state index contributed by atoms with van der Waals surface area (Å²) in [7, 11) is 0. The Morgan fingerprint density at radius 3 is 2.67 bits per heavy atom. The number of urea groups is 1. The van der Waals surface area contributed by atoms with Crippen LogP contribution in [-0.2, 0) is 17.6 Å². The standard InChI is InChI=1S/C20H29N3O4/c1-20(2,3)27-19(26)22-9-10-23(17(12-22)13-24)18(25)21-16-8-7-14-5-4-6-15(14)11-16/h7-8,11,17,24H,4-6,9-10,12-13H2,1-3H3,(H,21,25). The highest BCUT2D eigenvalue weighted by Crippen LogP contribution is 2.25. The van der Waals surface area contributed by atoms with Crippen molar-refractivity contribution in [1.29, 1.82) is 0 Å². The summed E-state index contributed by atoms with van der Waals surface area (Å²) in [6, 6.07) is 5.32. The van der Waals surface area contributed by atoms with Crippen molar-refractivity contribution in [2.75, 3.05) is 31.6 Å². The molecule has 0 spiro atoms. The van der Waals surface area contributed by atoms with Crippen LogP contribution in [0.1, 0.15) is 38.3 Å². The molecule has 1 heterocycles. The quantitative estimate of drug-likeness (QED) is 0.832. The molecule has 1 aromatic rings. The van der Waals surface area contributed by atoms with E-state index < -0.39 is 17.7 Å². The Morgan fingerprint density at radius 1 is 1.22 bits per heavy atom. The monoisotopic (exact) mass is 375 g/mol. The van der Waals surface area contributed by atoms with Gasteiger partial charge in [-0.05, 0) is 63.3 Å². The van der Waals surface area contributed by atoms with Crippen LogP contribution < -0.4 is 5.32 Å². The highest BCUT2D eigenvalue weighted by Gasteiger charge is 2.34. The van der Waals surface area contributed by atoms with Crippen molar-refractivity contribution >= 4 is 17.8 Å². The molecule has 1 unspecified atom stereocenters. The zero-order valence-electron chi connectivity index (χ0n) is 16.3. The topological polar surface area (TPSA) is 82.1 Å². The minimum atomic E-state index is -0.576. The molecule has 1 fully saturated rings. The number of aliphatic hydroxyl groups excluding tert-OH is 1. The third kappa shape index (κ3) is 4.71. The fourth-order valence-corrected chi connectivity index (χ4v) is 3.62. The predicted molar refractivity (Wildman–Crippen MR) is 103 cm³/mol. The fourth-order valence-electron chi connectivity index (χ4n) is 3.62. The maximum atomic E-state index is 12.7. The Kier molecular flexibility index (Phi) is 5.60. The highest BCUT2D eigenvalue weighted by atomic mass is 16.6. The molecule has 3 rings (SSSR count). The van der Waals surface area contributed by atoms with E-state index in [2.05, 4.69) is 11.4 Å². The Balaban J connectivity index is 1.61. The molecule has 7 nitrogen and oxygen atoms in total. The van der Waals surface area contributed by atoms with E-state index in [-0.39, 0.29) is 19.2 Å². The molecule has 1 aliphatic carbocycles. The summed E-state index contributed by atoms with van der Waals surface area (Å²) in [5.41, 5.74) is 2.84. The molecule has 0 bridgehead atoms. The maximum Gasteiger partial charge on any atom is 0.410 e. The van der Waals surface area contributed by atoms with Gasteiger partial charge in [0.1, 0.15) is 5.60 Å². The maximum absolute atomic E-state index is 12.7. The predicted octanol–water partition coefficient (Wildman–Crippen LogP) is 2.62. The van der Waals surface area contributed by atoms with E-state index in [0.29, 0.717) is 13.1 Å². The number of piperazine rings is 1. The molecule has 7 heteroatoms. The van der Waals surface area contributed by atoms with Gasteiger partial charge in [-0.15, -0.1) is 0 Å². The molecule has 1 aliphatic heterocycles. The van der Waals surface area contributed by atoms with E-state index in [1.54, 1.807) is 9.80 Å². The Bertz CT molecular complexity index is 714. The molecule has 2 aliphatic rings. The highest BCUT2D eigenvalue weighted by molar-refractivity contribution is 5.90. The van der Waals surface area contributed by atoms with Crippen molar-refractivity contribution in [3.63, 3.8) is 0 Å². The van der Waals surface area contributed by atoms with Crippen LogP contribution in [0, 0.1) is 0 Å². The van der Waals surface area contributed by atoms with Crippen LogP contribution in [0.2, 0.25) is 0 Å². The summed E-state index contributed by atoms with van der Waals surface area (Å²) in [4.78, 5) is 28.1. The number of amides is 3. The molecule has 1 saturated heterocycles. The third-order valence-corrected chi connectivity index (χ3v) is 4.96. The van der Waals surface area contributed by atoms with Crippen LogP contribution in [0.5, 0.6) is 0 Å². The second kappa shape index (κ2) is 7.76. The van der Waals surface area contributed by atoms with Crippen molar-refractivity contribution < 1.29 is 19.4 Å². The van der Waals surface area contributed by atoms with Gasteiger partial charge in [-0.3, -0.25) is 0 Å². The zero-order valence-corrected chi connectivity index (χ0v) is 16.3. The summed E-state index contributed by atoms with van der Waals surface area (Å²) in [6.45, 7) is 6.21. The molecule has 148 valence electrons. The Morgan fingerprint density at radius 2 is 1.96 bits per heavy atom. The summed E-state index contributed by atoms with van der Waals surface area (Å²) < 4.78 is 5.39. The van der Waals surface area contributed by atoms with E-state index in [1.807, 2.05) is 32.9 Å². The number of rotatable bonds is 2. The minimum Gasteiger partial charge on any atom is -0.444 e. The zero-order chi connectivity index (χ0) is 19.6. The van der Waals surface area contributed by atoms with Gasteiger partial charge in [0.25, 0.3) is 0 Å². The van der Waals surface area contributed by atoms with Crippen LogP contribution in [0.15, 0.2) is 18.2 Å². The van der Waals surface area contributed by atoms with Crippen molar-refractivity contribution in [3.8, 4) is 0 Å². The largest absolute Gasteiger partial charge is 0.444 e.